The maximum Gasteiger partial charge on any atom is 0.409 e. The van der Waals surface area contributed by atoms with Crippen LogP contribution in [0.2, 0.25) is 0 Å². The molecular formula is C12H10F3N5O2. The lowest BCUT2D eigenvalue weighted by Gasteiger charge is -2.19. The quantitative estimate of drug-likeness (QED) is 0.391. The van der Waals surface area contributed by atoms with Gasteiger partial charge in [0.1, 0.15) is 11.8 Å². The van der Waals surface area contributed by atoms with Gasteiger partial charge in [-0.3, -0.25) is 4.79 Å². The molecule has 0 amide bonds. The van der Waals surface area contributed by atoms with E-state index in [0.717, 1.165) is 13.1 Å². The number of ketones is 1. The number of carbonyl (C=O) groups is 1. The average molecular weight is 313 g/mol. The Morgan fingerprint density at radius 1 is 1.55 bits per heavy atom. The summed E-state index contributed by atoms with van der Waals surface area (Å²) >= 11 is 0. The van der Waals surface area contributed by atoms with E-state index in [1.54, 1.807) is 0 Å². The van der Waals surface area contributed by atoms with Crippen LogP contribution in [-0.4, -0.2) is 28.0 Å². The summed E-state index contributed by atoms with van der Waals surface area (Å²) in [6.07, 6.45) is -4.36. The highest BCUT2D eigenvalue weighted by atomic mass is 19.4. The highest BCUT2D eigenvalue weighted by Gasteiger charge is 2.35. The Labute approximate surface area is 122 Å². The Hall–Kier alpha value is -2.63. The van der Waals surface area contributed by atoms with Crippen molar-refractivity contribution in [3.63, 3.8) is 0 Å². The summed E-state index contributed by atoms with van der Waals surface area (Å²) in [4.78, 5) is 20.3. The van der Waals surface area contributed by atoms with Crippen LogP contribution in [0.15, 0.2) is 17.4 Å². The molecule has 22 heavy (non-hydrogen) atoms. The summed E-state index contributed by atoms with van der Waals surface area (Å²) in [5.41, 5.74) is 4.81. The molecule has 0 aliphatic heterocycles. The molecular weight excluding hydrogens is 303 g/mol. The van der Waals surface area contributed by atoms with E-state index in [9.17, 15) is 23.1 Å². The number of hydrogen-bond donors (Lipinski definition) is 1. The zero-order valence-electron chi connectivity index (χ0n) is 11.3. The summed E-state index contributed by atoms with van der Waals surface area (Å²) in [5.74, 6) is -1.64. The summed E-state index contributed by atoms with van der Waals surface area (Å²) < 4.78 is 38.3. The van der Waals surface area contributed by atoms with Crippen LogP contribution in [0.5, 0.6) is 0 Å². The van der Waals surface area contributed by atoms with Crippen LogP contribution in [-0.2, 0) is 17.4 Å². The summed E-state index contributed by atoms with van der Waals surface area (Å²) in [5, 5.41) is 12.9. The summed E-state index contributed by atoms with van der Waals surface area (Å²) in [6, 6.07) is 0.641. The molecule has 1 N–H and O–H groups in total. The molecule has 1 aromatic rings. The molecule has 0 fully saturated rings. The van der Waals surface area contributed by atoms with Gasteiger partial charge in [-0.05, 0) is 12.5 Å². The maximum atomic E-state index is 12.8. The first-order chi connectivity index (χ1) is 10.1. The van der Waals surface area contributed by atoms with Gasteiger partial charge in [-0.2, -0.15) is 13.2 Å². The van der Waals surface area contributed by atoms with Gasteiger partial charge >= 0.3 is 6.18 Å². The Balaban J connectivity index is 3.08. The van der Waals surface area contributed by atoms with Gasteiger partial charge in [0.2, 0.25) is 0 Å². The first kappa shape index (κ1) is 17.4. The number of pyridine rings is 1. The second-order valence-electron chi connectivity index (χ2n) is 4.59. The Kier molecular flexibility index (Phi) is 5.09. The van der Waals surface area contributed by atoms with Crippen LogP contribution < -0.4 is 0 Å². The molecule has 0 saturated heterocycles. The third kappa shape index (κ3) is 4.18. The lowest BCUT2D eigenvalue weighted by atomic mass is 9.95. The van der Waals surface area contributed by atoms with Crippen molar-refractivity contribution in [2.45, 2.75) is 25.1 Å². The number of azide groups is 1. The number of nitrogens with zero attached hydrogens (tertiary/aromatic N) is 5. The van der Waals surface area contributed by atoms with Crippen molar-refractivity contribution in [3.8, 4) is 0 Å². The van der Waals surface area contributed by atoms with Gasteiger partial charge in [-0.1, -0.05) is 17.8 Å². The Morgan fingerprint density at radius 2 is 2.18 bits per heavy atom. The van der Waals surface area contributed by atoms with E-state index < -0.39 is 41.9 Å². The first-order valence-electron chi connectivity index (χ1n) is 5.82. The van der Waals surface area contributed by atoms with Gasteiger partial charge in [-0.15, -0.1) is 4.98 Å². The van der Waals surface area contributed by atoms with E-state index >= 15 is 0 Å². The fourth-order valence-electron chi connectivity index (χ4n) is 1.53. The summed E-state index contributed by atoms with van der Waals surface area (Å²) in [6.45, 7) is 7.21. The van der Waals surface area contributed by atoms with Crippen LogP contribution in [0.25, 0.3) is 15.3 Å². The molecule has 0 radical (unpaired) electrons. The van der Waals surface area contributed by atoms with Crippen LogP contribution in [0.1, 0.15) is 18.1 Å². The molecule has 10 heteroatoms. The monoisotopic (exact) mass is 313 g/mol. The number of Topliss-reactive ketones (excluding diaryl/α,β-unsaturated/α-hetero) is 1. The predicted octanol–water partition coefficient (Wildman–Crippen LogP) is 2.82. The van der Waals surface area contributed by atoms with E-state index in [2.05, 4.69) is 19.9 Å². The van der Waals surface area contributed by atoms with Crippen LogP contribution in [0.3, 0.4) is 0 Å². The first-order valence-corrected chi connectivity index (χ1v) is 5.82. The standard InChI is InChI=1S/C12H10F3N5O2/c1-11(22,6-19-20-16)9(21)4-7-3-8(12(13,14)15)10(17-2)18-5-7/h3,5,22H,4,6H2,1H3/t11-/m0/s1. The average Bonchev–Trinajstić information content (AvgIpc) is 2.44. The van der Waals surface area contributed by atoms with E-state index in [1.807, 2.05) is 0 Å². The molecule has 0 aliphatic rings. The molecule has 1 aromatic heterocycles. The smallest absolute Gasteiger partial charge is 0.382 e. The third-order valence-electron chi connectivity index (χ3n) is 2.74. The number of aromatic nitrogens is 1. The highest BCUT2D eigenvalue weighted by molar-refractivity contribution is 5.88. The maximum absolute atomic E-state index is 12.8. The molecule has 116 valence electrons. The highest BCUT2D eigenvalue weighted by Crippen LogP contribution is 2.35. The van der Waals surface area contributed by atoms with Gasteiger partial charge in [0, 0.05) is 16.9 Å². The molecule has 0 bridgehead atoms. The number of rotatable bonds is 5. The van der Waals surface area contributed by atoms with Crippen molar-refractivity contribution in [2.75, 3.05) is 6.54 Å². The molecule has 1 atom stereocenters. The van der Waals surface area contributed by atoms with Gasteiger partial charge in [0.05, 0.1) is 12.1 Å². The van der Waals surface area contributed by atoms with Crippen molar-refractivity contribution in [3.05, 3.63) is 45.3 Å². The molecule has 7 nitrogen and oxygen atoms in total. The molecule has 1 heterocycles. The van der Waals surface area contributed by atoms with Crippen LogP contribution in [0.4, 0.5) is 19.0 Å². The van der Waals surface area contributed by atoms with Gasteiger partial charge in [0.25, 0.3) is 5.82 Å². The SMILES string of the molecule is [C-]#[N+]c1ncc(CC(=O)[C@@](C)(O)CN=[N+]=[N-])cc1C(F)(F)F. The topological polar surface area (TPSA) is 103 Å². The second-order valence-corrected chi connectivity index (χ2v) is 4.59. The molecule has 0 spiro atoms. The number of carbonyl (C=O) groups excluding carboxylic acids is 1. The molecule has 0 unspecified atom stereocenters. The minimum Gasteiger partial charge on any atom is -0.382 e. The van der Waals surface area contributed by atoms with Crippen LogP contribution in [0, 0.1) is 6.57 Å². The second kappa shape index (κ2) is 6.43. The lowest BCUT2D eigenvalue weighted by Crippen LogP contribution is -2.39. The van der Waals surface area contributed by atoms with Gasteiger partial charge in [0.15, 0.2) is 5.78 Å². The van der Waals surface area contributed by atoms with Crippen molar-refractivity contribution in [1.29, 1.82) is 0 Å². The minimum atomic E-state index is -4.78. The van der Waals surface area contributed by atoms with E-state index in [4.69, 9.17) is 12.1 Å². The number of alkyl halides is 3. The number of aliphatic hydroxyl groups is 1. The third-order valence-corrected chi connectivity index (χ3v) is 2.74. The molecule has 1 rings (SSSR count). The fraction of sp³-hybridized carbons (Fsp3) is 0.417. The van der Waals surface area contributed by atoms with E-state index in [1.165, 1.54) is 0 Å². The van der Waals surface area contributed by atoms with Crippen molar-refractivity contribution in [2.24, 2.45) is 5.11 Å². The van der Waals surface area contributed by atoms with Crippen LogP contribution >= 0.6 is 0 Å². The van der Waals surface area contributed by atoms with Crippen molar-refractivity contribution >= 4 is 11.6 Å². The number of hydrogen-bond acceptors (Lipinski definition) is 4. The Bertz CT molecular complexity index is 672. The summed E-state index contributed by atoms with van der Waals surface area (Å²) in [7, 11) is 0. The van der Waals surface area contributed by atoms with Crippen molar-refractivity contribution in [1.82, 2.24) is 4.98 Å². The normalized spacial score (nSPS) is 13.6. The number of halogens is 3. The molecule has 0 aromatic carbocycles. The fourth-order valence-corrected chi connectivity index (χ4v) is 1.53. The minimum absolute atomic E-state index is 0.106. The van der Waals surface area contributed by atoms with E-state index in [0.29, 0.717) is 6.07 Å². The largest absolute Gasteiger partial charge is 0.409 e. The zero-order valence-corrected chi connectivity index (χ0v) is 11.3. The molecule has 0 aliphatic carbocycles. The Morgan fingerprint density at radius 3 is 2.68 bits per heavy atom. The van der Waals surface area contributed by atoms with E-state index in [-0.39, 0.29) is 5.56 Å². The van der Waals surface area contributed by atoms with Gasteiger partial charge < -0.3 is 9.95 Å². The zero-order chi connectivity index (χ0) is 17.0. The van der Waals surface area contributed by atoms with Gasteiger partial charge in [-0.25, -0.2) is 0 Å². The lowest BCUT2D eigenvalue weighted by molar-refractivity contribution is -0.137. The predicted molar refractivity (Wildman–Crippen MR) is 68.8 cm³/mol. The van der Waals surface area contributed by atoms with Crippen molar-refractivity contribution < 1.29 is 23.1 Å². The molecule has 0 saturated carbocycles.